The molecule has 1 aromatic rings. The van der Waals surface area contributed by atoms with Crippen LogP contribution in [0.5, 0.6) is 0 Å². The predicted octanol–water partition coefficient (Wildman–Crippen LogP) is 1.90. The Kier molecular flexibility index (Phi) is 4.29. The van der Waals surface area contributed by atoms with Crippen LogP contribution in [-0.4, -0.2) is 5.12 Å². The molecule has 1 rings (SSSR count). The molecular weight excluding hydrogens is 357 g/mol. The molecule has 1 aromatic carbocycles. The summed E-state index contributed by atoms with van der Waals surface area (Å²) in [7, 11) is 0. The van der Waals surface area contributed by atoms with Gasteiger partial charge in [0.05, 0.1) is 0 Å². The Labute approximate surface area is 90.4 Å². The average Bonchev–Trinajstić information content (AvgIpc) is 2.05. The fraction of sp³-hybridized carbons (Fsp3) is 0.222. The predicted molar refractivity (Wildman–Crippen MR) is 49.9 cm³/mol. The third-order valence-corrected chi connectivity index (χ3v) is 8.44. The zero-order valence-electron chi connectivity index (χ0n) is 7.08. The Hall–Kier alpha value is 0.175. The van der Waals surface area contributed by atoms with Gasteiger partial charge in [0, 0.05) is 0 Å². The van der Waals surface area contributed by atoms with Crippen LogP contribution in [0.2, 0.25) is 3.93 Å². The van der Waals surface area contributed by atoms with Gasteiger partial charge in [0.25, 0.3) is 0 Å². The van der Waals surface area contributed by atoms with Gasteiger partial charge in [-0.05, 0) is 0 Å². The standard InChI is InChI=1S/C7H5OS.C2H5.Hg/c8-7(9)6-4-2-1-3-5-6;1-2;/h1-4H,(H,8,9);1H2,2H3;. The van der Waals surface area contributed by atoms with Crippen molar-refractivity contribution in [1.82, 2.24) is 0 Å². The van der Waals surface area contributed by atoms with Crippen molar-refractivity contribution in [3.63, 3.8) is 0 Å². The molecule has 0 amide bonds. The summed E-state index contributed by atoms with van der Waals surface area (Å²) < 4.78 is 2.60. The molecule has 0 saturated heterocycles. The number of carbonyl (C=O) groups excluding carboxylic acids is 1. The van der Waals surface area contributed by atoms with Gasteiger partial charge >= 0.3 is 90.9 Å². The molecule has 1 nitrogen and oxygen atoms in total. The molecule has 0 unspecified atom stereocenters. The maximum atomic E-state index is 11.0. The van der Waals surface area contributed by atoms with Gasteiger partial charge < -0.3 is 0 Å². The van der Waals surface area contributed by atoms with Crippen molar-refractivity contribution in [3.8, 4) is 0 Å². The minimum absolute atomic E-state index is 0.0842. The molecule has 0 bridgehead atoms. The molecule has 0 aliphatic rings. The summed E-state index contributed by atoms with van der Waals surface area (Å²) >= 11 is 2.89. The summed E-state index contributed by atoms with van der Waals surface area (Å²) in [6.07, 6.45) is 0. The maximum absolute atomic E-state index is 11.0. The number of carbonyl (C=O) groups is 1. The number of hydrogen-bond acceptors (Lipinski definition) is 1. The molecule has 0 fully saturated rings. The molecule has 0 aliphatic heterocycles. The van der Waals surface area contributed by atoms with Gasteiger partial charge in [-0.15, -0.1) is 0 Å². The monoisotopic (exact) mass is 368 g/mol. The first-order valence-corrected chi connectivity index (χ1v) is 11.1. The number of benzene rings is 1. The van der Waals surface area contributed by atoms with Gasteiger partial charge in [-0.3, -0.25) is 0 Å². The molecule has 60 valence electrons. The summed E-state index contributed by atoms with van der Waals surface area (Å²) in [5.41, 5.74) is 0.837. The van der Waals surface area contributed by atoms with E-state index < -0.39 is 24.6 Å². The molecule has 12 heavy (non-hydrogen) atoms. The van der Waals surface area contributed by atoms with E-state index in [9.17, 15) is 4.79 Å². The van der Waals surface area contributed by atoms with Crippen molar-refractivity contribution >= 4 is 20.8 Å². The summed E-state index contributed by atoms with van der Waals surface area (Å²) in [6, 6.07) is 7.86. The zero-order chi connectivity index (χ0) is 8.97. The first-order valence-electron chi connectivity index (χ1n) is 4.07. The van der Waals surface area contributed by atoms with E-state index in [1.165, 1.54) is 7.00 Å². The van der Waals surface area contributed by atoms with E-state index in [-0.39, 0.29) is 5.12 Å². The summed E-state index contributed by atoms with van der Waals surface area (Å²) in [6.45, 7) is 2.20. The quantitative estimate of drug-likeness (QED) is 0.639. The SMILES string of the molecule is C[CH2][Hg][c]1ccccc1C(=O)S. The first kappa shape index (κ1) is 10.3. The Morgan fingerprint density at radius 1 is 1.50 bits per heavy atom. The van der Waals surface area contributed by atoms with Crippen LogP contribution in [0.1, 0.15) is 17.3 Å². The van der Waals surface area contributed by atoms with Gasteiger partial charge in [0.15, 0.2) is 0 Å². The molecule has 0 heterocycles. The zero-order valence-corrected chi connectivity index (χ0v) is 13.5. The Morgan fingerprint density at radius 2 is 2.17 bits per heavy atom. The number of hydrogen-bond donors (Lipinski definition) is 1. The second-order valence-electron chi connectivity index (χ2n) is 2.71. The number of rotatable bonds is 3. The van der Waals surface area contributed by atoms with E-state index >= 15 is 0 Å². The Morgan fingerprint density at radius 3 is 2.75 bits per heavy atom. The van der Waals surface area contributed by atoms with E-state index in [1.807, 2.05) is 18.2 Å². The topological polar surface area (TPSA) is 17.1 Å². The molecule has 0 aliphatic carbocycles. The molecule has 0 aromatic heterocycles. The molecule has 0 atom stereocenters. The van der Waals surface area contributed by atoms with E-state index in [2.05, 4.69) is 25.6 Å². The van der Waals surface area contributed by atoms with Crippen LogP contribution in [0, 0.1) is 0 Å². The minimum atomic E-state index is -0.956. The third-order valence-electron chi connectivity index (χ3n) is 1.77. The molecular formula is C9H10HgOS. The van der Waals surface area contributed by atoms with E-state index in [1.54, 1.807) is 0 Å². The molecule has 0 N–H and O–H groups in total. The van der Waals surface area contributed by atoms with Crippen LogP contribution in [-0.2, 0) is 24.6 Å². The van der Waals surface area contributed by atoms with E-state index in [4.69, 9.17) is 0 Å². The average molecular weight is 367 g/mol. The van der Waals surface area contributed by atoms with Crippen molar-refractivity contribution in [1.29, 1.82) is 0 Å². The second-order valence-corrected chi connectivity index (χ2v) is 11.9. The first-order chi connectivity index (χ1) is 5.75. The molecule has 0 saturated carbocycles. The van der Waals surface area contributed by atoms with Crippen LogP contribution < -0.4 is 3.07 Å². The summed E-state index contributed by atoms with van der Waals surface area (Å²) in [5.74, 6) is 0. The molecule has 0 spiro atoms. The van der Waals surface area contributed by atoms with E-state index in [0.29, 0.717) is 0 Å². The normalized spacial score (nSPS) is 9.17. The van der Waals surface area contributed by atoms with E-state index in [0.717, 1.165) is 5.56 Å². The Bertz CT molecular complexity index is 286. The molecule has 3 heteroatoms. The van der Waals surface area contributed by atoms with Crippen LogP contribution in [0.3, 0.4) is 0 Å². The van der Waals surface area contributed by atoms with Gasteiger partial charge in [0.2, 0.25) is 0 Å². The van der Waals surface area contributed by atoms with Gasteiger partial charge in [-0.1, -0.05) is 0 Å². The summed E-state index contributed by atoms with van der Waals surface area (Å²) in [5, 5.41) is -0.0842. The van der Waals surface area contributed by atoms with Gasteiger partial charge in [-0.2, -0.15) is 0 Å². The number of thiol groups is 1. The van der Waals surface area contributed by atoms with Gasteiger partial charge in [0.1, 0.15) is 0 Å². The fourth-order valence-electron chi connectivity index (χ4n) is 1.22. The fourth-order valence-corrected chi connectivity index (χ4v) is 7.41. The van der Waals surface area contributed by atoms with Crippen LogP contribution in [0.4, 0.5) is 0 Å². The summed E-state index contributed by atoms with van der Waals surface area (Å²) in [4.78, 5) is 11.0. The van der Waals surface area contributed by atoms with Crippen LogP contribution in [0.15, 0.2) is 24.3 Å². The molecule has 0 radical (unpaired) electrons. The van der Waals surface area contributed by atoms with Crippen LogP contribution >= 0.6 is 12.6 Å². The third kappa shape index (κ3) is 2.59. The van der Waals surface area contributed by atoms with Crippen molar-refractivity contribution in [2.75, 3.05) is 0 Å². The Balaban J connectivity index is 3.00. The van der Waals surface area contributed by atoms with Gasteiger partial charge in [-0.25, -0.2) is 0 Å². The van der Waals surface area contributed by atoms with Crippen molar-refractivity contribution in [3.05, 3.63) is 29.8 Å². The van der Waals surface area contributed by atoms with Crippen molar-refractivity contribution < 1.29 is 29.4 Å². The van der Waals surface area contributed by atoms with Crippen molar-refractivity contribution in [2.45, 2.75) is 10.9 Å². The second kappa shape index (κ2) is 5.02. The van der Waals surface area contributed by atoms with Crippen LogP contribution in [0.25, 0.3) is 0 Å². The van der Waals surface area contributed by atoms with Crippen molar-refractivity contribution in [2.24, 2.45) is 0 Å².